The Hall–Kier alpha value is -2.46. The third-order valence-corrected chi connectivity index (χ3v) is 3.92. The minimum atomic E-state index is -1.02. The summed E-state index contributed by atoms with van der Waals surface area (Å²) in [4.78, 5) is 10.7. The quantitative estimate of drug-likeness (QED) is 0.641. The Morgan fingerprint density at radius 3 is 2.79 bits per heavy atom. The zero-order chi connectivity index (χ0) is 16.9. The fourth-order valence-electron chi connectivity index (χ4n) is 2.72. The van der Waals surface area contributed by atoms with Gasteiger partial charge in [0.25, 0.3) is 0 Å². The molecule has 126 valence electrons. The van der Waals surface area contributed by atoms with Crippen LogP contribution in [0.25, 0.3) is 0 Å². The number of carboxylic acids is 1. The van der Waals surface area contributed by atoms with E-state index in [0.717, 1.165) is 11.3 Å². The Labute approximate surface area is 138 Å². The molecule has 2 heterocycles. The molecule has 1 aliphatic rings. The van der Waals surface area contributed by atoms with Crippen LogP contribution in [-0.4, -0.2) is 55.5 Å². The number of tetrazole rings is 1. The van der Waals surface area contributed by atoms with Gasteiger partial charge in [-0.3, -0.25) is 4.79 Å². The van der Waals surface area contributed by atoms with Gasteiger partial charge in [0.05, 0.1) is 25.0 Å². The van der Waals surface area contributed by atoms with Crippen molar-refractivity contribution in [3.05, 3.63) is 36.2 Å². The molecule has 24 heavy (non-hydrogen) atoms. The molecule has 9 nitrogen and oxygen atoms in total. The average molecular weight is 331 g/mol. The van der Waals surface area contributed by atoms with E-state index in [1.807, 2.05) is 24.3 Å². The van der Waals surface area contributed by atoms with Crippen molar-refractivity contribution in [2.24, 2.45) is 0 Å². The lowest BCUT2D eigenvalue weighted by atomic mass is 9.72. The van der Waals surface area contributed by atoms with Gasteiger partial charge < -0.3 is 20.1 Å². The molecule has 1 saturated heterocycles. The first-order valence-electron chi connectivity index (χ1n) is 7.72. The highest BCUT2D eigenvalue weighted by molar-refractivity contribution is 6.46. The van der Waals surface area contributed by atoms with Gasteiger partial charge in [-0.15, -0.1) is 5.10 Å². The smallest absolute Gasteiger partial charge is 0.478 e. The molecule has 0 aliphatic carbocycles. The first-order chi connectivity index (χ1) is 11.6. The van der Waals surface area contributed by atoms with Gasteiger partial charge in [0.1, 0.15) is 6.33 Å². The summed E-state index contributed by atoms with van der Waals surface area (Å²) in [7, 11) is -1.02. The second kappa shape index (κ2) is 7.41. The van der Waals surface area contributed by atoms with Crippen LogP contribution in [0.5, 0.6) is 0 Å². The number of benzene rings is 1. The summed E-state index contributed by atoms with van der Waals surface area (Å²) in [6.07, 6.45) is 2.27. The number of hydrogen-bond donors (Lipinski definition) is 3. The molecule has 1 aromatic heterocycles. The number of aliphatic carboxylic acids is 1. The summed E-state index contributed by atoms with van der Waals surface area (Å²) in [5.74, 6) is -1.18. The molecule has 10 heteroatoms. The van der Waals surface area contributed by atoms with Crippen LogP contribution in [0.15, 0.2) is 30.6 Å². The normalized spacial score (nSPS) is 20.8. The van der Waals surface area contributed by atoms with E-state index in [0.29, 0.717) is 19.4 Å². The number of carbonyl (C=O) groups is 1. The predicted octanol–water partition coefficient (Wildman–Crippen LogP) is 0.175. The van der Waals surface area contributed by atoms with Crippen LogP contribution in [-0.2, 0) is 16.0 Å². The predicted molar refractivity (Wildman–Crippen MR) is 85.1 cm³/mol. The number of rotatable bonds is 6. The topological polar surface area (TPSA) is 122 Å². The molecule has 3 N–H and O–H groups in total. The summed E-state index contributed by atoms with van der Waals surface area (Å²) in [5, 5.41) is 33.0. The van der Waals surface area contributed by atoms with Gasteiger partial charge in [-0.1, -0.05) is 12.1 Å². The van der Waals surface area contributed by atoms with Crippen molar-refractivity contribution in [2.45, 2.75) is 37.9 Å². The molecule has 0 spiro atoms. The van der Waals surface area contributed by atoms with Gasteiger partial charge in [0.15, 0.2) is 0 Å². The SMILES string of the molecule is O=C(O)C[C@@H]1CC[C@H](Nc2ccc(Cn3cnnn3)cc2)B(O)O1. The summed E-state index contributed by atoms with van der Waals surface area (Å²) >= 11 is 0. The number of nitrogens with one attached hydrogen (secondary N) is 1. The van der Waals surface area contributed by atoms with Crippen molar-refractivity contribution in [1.29, 1.82) is 0 Å². The highest BCUT2D eigenvalue weighted by Gasteiger charge is 2.35. The molecule has 2 atom stereocenters. The van der Waals surface area contributed by atoms with Crippen LogP contribution >= 0.6 is 0 Å². The Balaban J connectivity index is 1.53. The third-order valence-electron chi connectivity index (χ3n) is 3.92. The van der Waals surface area contributed by atoms with Gasteiger partial charge in [-0.2, -0.15) is 0 Å². The number of hydrogen-bond acceptors (Lipinski definition) is 7. The monoisotopic (exact) mass is 331 g/mol. The Morgan fingerprint density at radius 2 is 2.17 bits per heavy atom. The second-order valence-corrected chi connectivity index (χ2v) is 5.78. The molecule has 3 rings (SSSR count). The van der Waals surface area contributed by atoms with E-state index < -0.39 is 19.2 Å². The fourth-order valence-corrected chi connectivity index (χ4v) is 2.72. The largest absolute Gasteiger partial charge is 0.481 e. The molecule has 0 saturated carbocycles. The van der Waals surface area contributed by atoms with Crippen molar-refractivity contribution in [2.75, 3.05) is 5.32 Å². The Bertz CT molecular complexity index is 666. The summed E-state index contributed by atoms with van der Waals surface area (Å²) in [5.41, 5.74) is 1.91. The van der Waals surface area contributed by atoms with E-state index in [-0.39, 0.29) is 12.4 Å². The Morgan fingerprint density at radius 1 is 1.38 bits per heavy atom. The van der Waals surface area contributed by atoms with Crippen molar-refractivity contribution < 1.29 is 19.6 Å². The summed E-state index contributed by atoms with van der Waals surface area (Å²) in [6, 6.07) is 7.73. The lowest BCUT2D eigenvalue weighted by molar-refractivity contribution is -0.139. The van der Waals surface area contributed by atoms with Crippen LogP contribution in [0.3, 0.4) is 0 Å². The van der Waals surface area contributed by atoms with E-state index in [1.165, 1.54) is 0 Å². The van der Waals surface area contributed by atoms with Gasteiger partial charge in [0, 0.05) is 5.69 Å². The number of anilines is 1. The van der Waals surface area contributed by atoms with Crippen LogP contribution in [0.2, 0.25) is 0 Å². The van der Waals surface area contributed by atoms with E-state index in [9.17, 15) is 9.82 Å². The van der Waals surface area contributed by atoms with Crippen LogP contribution < -0.4 is 5.32 Å². The molecule has 1 aromatic carbocycles. The summed E-state index contributed by atoms with van der Waals surface area (Å²) in [6.45, 7) is 0.583. The molecule has 0 amide bonds. The minimum Gasteiger partial charge on any atom is -0.481 e. The lowest BCUT2D eigenvalue weighted by Crippen LogP contribution is -2.47. The van der Waals surface area contributed by atoms with E-state index >= 15 is 0 Å². The number of nitrogens with zero attached hydrogens (tertiary/aromatic N) is 4. The van der Waals surface area contributed by atoms with E-state index in [1.54, 1.807) is 11.0 Å². The first kappa shape index (κ1) is 16.4. The average Bonchev–Trinajstić information content (AvgIpc) is 3.04. The van der Waals surface area contributed by atoms with Gasteiger partial charge >= 0.3 is 13.1 Å². The van der Waals surface area contributed by atoms with Crippen molar-refractivity contribution in [1.82, 2.24) is 20.2 Å². The van der Waals surface area contributed by atoms with Crippen molar-refractivity contribution >= 4 is 18.8 Å². The van der Waals surface area contributed by atoms with Gasteiger partial charge in [-0.25, -0.2) is 4.68 Å². The molecule has 1 fully saturated rings. The molecule has 0 radical (unpaired) electrons. The highest BCUT2D eigenvalue weighted by atomic mass is 16.5. The Kier molecular flexibility index (Phi) is 5.06. The number of aromatic nitrogens is 4. The maximum absolute atomic E-state index is 10.7. The first-order valence-corrected chi connectivity index (χ1v) is 7.72. The maximum Gasteiger partial charge on any atom is 0.478 e. The van der Waals surface area contributed by atoms with Crippen LogP contribution in [0.4, 0.5) is 5.69 Å². The molecule has 0 bridgehead atoms. The van der Waals surface area contributed by atoms with Crippen molar-refractivity contribution in [3.8, 4) is 0 Å². The standard InChI is InChI=1S/C14H18BN5O4/c21-14(22)7-12-5-6-13(15(23)24-12)17-11-3-1-10(2-4-11)8-20-9-16-18-19-20/h1-4,9,12-13,17,23H,5-8H2,(H,21,22)/t12-,13-/m0/s1. The van der Waals surface area contributed by atoms with Gasteiger partial charge in [0.2, 0.25) is 0 Å². The van der Waals surface area contributed by atoms with E-state index in [4.69, 9.17) is 9.76 Å². The molecule has 0 unspecified atom stereocenters. The van der Waals surface area contributed by atoms with E-state index in [2.05, 4.69) is 20.8 Å². The van der Waals surface area contributed by atoms with Crippen molar-refractivity contribution in [3.63, 3.8) is 0 Å². The second-order valence-electron chi connectivity index (χ2n) is 5.78. The maximum atomic E-state index is 10.7. The number of carboxylic acid groups (broad SMARTS) is 1. The zero-order valence-corrected chi connectivity index (χ0v) is 12.9. The molecule has 1 aliphatic heterocycles. The molecule has 2 aromatic rings. The molecular weight excluding hydrogens is 313 g/mol. The lowest BCUT2D eigenvalue weighted by Gasteiger charge is -2.31. The zero-order valence-electron chi connectivity index (χ0n) is 12.9. The highest BCUT2D eigenvalue weighted by Crippen LogP contribution is 2.22. The molecular formula is C14H18BN5O4. The van der Waals surface area contributed by atoms with Crippen LogP contribution in [0.1, 0.15) is 24.8 Å². The fraction of sp³-hybridized carbons (Fsp3) is 0.429. The van der Waals surface area contributed by atoms with Gasteiger partial charge in [-0.05, 0) is 41.0 Å². The summed E-state index contributed by atoms with van der Waals surface area (Å²) < 4.78 is 6.99. The minimum absolute atomic E-state index is 0.0877. The third kappa shape index (κ3) is 4.30. The van der Waals surface area contributed by atoms with Crippen LogP contribution in [0, 0.1) is 0 Å².